The molecule has 7 nitrogen and oxygen atoms in total. The van der Waals surface area contributed by atoms with E-state index < -0.39 is 0 Å². The normalized spacial score (nSPS) is 18.4. The number of benzene rings is 1. The molecule has 0 radical (unpaired) electrons. The molecule has 1 N–H and O–H groups in total. The van der Waals surface area contributed by atoms with Crippen LogP contribution in [0.3, 0.4) is 0 Å². The third-order valence-corrected chi connectivity index (χ3v) is 5.01. The van der Waals surface area contributed by atoms with Crippen molar-refractivity contribution in [3.8, 4) is 5.69 Å². The van der Waals surface area contributed by atoms with E-state index in [1.54, 1.807) is 0 Å². The van der Waals surface area contributed by atoms with Crippen LogP contribution >= 0.6 is 0 Å². The lowest BCUT2D eigenvalue weighted by atomic mass is 10.2. The topological polar surface area (TPSA) is 72.0 Å². The van der Waals surface area contributed by atoms with Crippen LogP contribution in [-0.4, -0.2) is 51.5 Å². The van der Waals surface area contributed by atoms with Crippen LogP contribution < -0.4 is 5.32 Å². The first kappa shape index (κ1) is 17.6. The summed E-state index contributed by atoms with van der Waals surface area (Å²) in [5.74, 6) is 1.23. The molecule has 1 unspecified atom stereocenters. The second-order valence-electron chi connectivity index (χ2n) is 6.86. The summed E-state index contributed by atoms with van der Waals surface area (Å²) in [7, 11) is 2.09. The van der Waals surface area contributed by atoms with Crippen molar-refractivity contribution >= 4 is 12.2 Å². The fraction of sp³-hybridized carbons (Fsp3) is 0.350. The molecule has 3 heterocycles. The van der Waals surface area contributed by atoms with Gasteiger partial charge < -0.3 is 9.84 Å². The van der Waals surface area contributed by atoms with Crippen molar-refractivity contribution in [2.75, 3.05) is 26.7 Å². The average molecular weight is 364 g/mol. The molecular formula is C20H24N6O. The van der Waals surface area contributed by atoms with E-state index in [1.807, 2.05) is 54.1 Å². The van der Waals surface area contributed by atoms with Crippen molar-refractivity contribution in [2.45, 2.75) is 19.9 Å². The van der Waals surface area contributed by atoms with Gasteiger partial charge >= 0.3 is 0 Å². The van der Waals surface area contributed by atoms with Crippen molar-refractivity contribution in [2.24, 2.45) is 0 Å². The molecule has 2 aromatic heterocycles. The second-order valence-corrected chi connectivity index (χ2v) is 6.86. The standard InChI is InChI=1S/C20H24N6O/c1-14-17(15(2)26(23-14)16-7-5-4-6-8-16)9-10-19-22-20(24-27-19)18-13-21-11-12-25(18)3/h4-10,18,21H,11-13H2,1-3H3/b10-9+. The van der Waals surface area contributed by atoms with E-state index >= 15 is 0 Å². The van der Waals surface area contributed by atoms with E-state index in [-0.39, 0.29) is 6.04 Å². The predicted octanol–water partition coefficient (Wildman–Crippen LogP) is 2.62. The van der Waals surface area contributed by atoms with Gasteiger partial charge in [-0.15, -0.1) is 0 Å². The van der Waals surface area contributed by atoms with Crippen molar-refractivity contribution < 1.29 is 4.52 Å². The smallest absolute Gasteiger partial charge is 0.250 e. The Morgan fingerprint density at radius 2 is 2.00 bits per heavy atom. The number of para-hydroxylation sites is 1. The summed E-state index contributed by atoms with van der Waals surface area (Å²) in [5.41, 5.74) is 4.15. The van der Waals surface area contributed by atoms with Gasteiger partial charge in [-0.25, -0.2) is 4.68 Å². The summed E-state index contributed by atoms with van der Waals surface area (Å²) in [6, 6.07) is 10.3. The number of aromatic nitrogens is 4. The number of hydrogen-bond acceptors (Lipinski definition) is 6. The van der Waals surface area contributed by atoms with E-state index in [2.05, 4.69) is 39.4 Å². The van der Waals surface area contributed by atoms with Crippen LogP contribution in [-0.2, 0) is 0 Å². The molecule has 27 heavy (non-hydrogen) atoms. The fourth-order valence-electron chi connectivity index (χ4n) is 3.42. The largest absolute Gasteiger partial charge is 0.335 e. The summed E-state index contributed by atoms with van der Waals surface area (Å²) >= 11 is 0. The Labute approximate surface area is 158 Å². The molecule has 0 amide bonds. The van der Waals surface area contributed by atoms with Crippen LogP contribution in [0.1, 0.15) is 34.7 Å². The molecule has 1 aliphatic heterocycles. The van der Waals surface area contributed by atoms with Gasteiger partial charge in [-0.2, -0.15) is 10.1 Å². The number of nitrogens with zero attached hydrogens (tertiary/aromatic N) is 5. The van der Waals surface area contributed by atoms with Gasteiger partial charge in [0.1, 0.15) is 0 Å². The first-order valence-corrected chi connectivity index (χ1v) is 9.18. The minimum Gasteiger partial charge on any atom is -0.335 e. The van der Waals surface area contributed by atoms with Gasteiger partial charge in [0.15, 0.2) is 5.82 Å². The highest BCUT2D eigenvalue weighted by atomic mass is 16.5. The Hall–Kier alpha value is -2.77. The number of piperazine rings is 1. The summed E-state index contributed by atoms with van der Waals surface area (Å²) < 4.78 is 7.38. The average Bonchev–Trinajstić information content (AvgIpc) is 3.26. The molecule has 1 atom stereocenters. The van der Waals surface area contributed by atoms with Crippen LogP contribution in [0.15, 0.2) is 34.9 Å². The maximum absolute atomic E-state index is 5.43. The highest BCUT2D eigenvalue weighted by molar-refractivity contribution is 5.69. The van der Waals surface area contributed by atoms with Gasteiger partial charge in [0, 0.05) is 37.0 Å². The third kappa shape index (κ3) is 3.56. The summed E-state index contributed by atoms with van der Waals surface area (Å²) in [4.78, 5) is 6.79. The van der Waals surface area contributed by atoms with Gasteiger partial charge in [0.25, 0.3) is 5.89 Å². The summed E-state index contributed by atoms with van der Waals surface area (Å²) in [6.45, 7) is 6.87. The van der Waals surface area contributed by atoms with E-state index in [4.69, 9.17) is 4.52 Å². The molecule has 4 rings (SSSR count). The Kier molecular flexibility index (Phi) is 4.87. The molecule has 0 aliphatic carbocycles. The van der Waals surface area contributed by atoms with Crippen LogP contribution in [0.2, 0.25) is 0 Å². The Bertz CT molecular complexity index is 943. The first-order valence-electron chi connectivity index (χ1n) is 9.18. The predicted molar refractivity (Wildman–Crippen MR) is 105 cm³/mol. The Morgan fingerprint density at radius 3 is 2.78 bits per heavy atom. The quantitative estimate of drug-likeness (QED) is 0.767. The van der Waals surface area contributed by atoms with Gasteiger partial charge in [-0.3, -0.25) is 4.90 Å². The fourth-order valence-corrected chi connectivity index (χ4v) is 3.42. The Balaban J connectivity index is 1.56. The molecule has 140 valence electrons. The summed E-state index contributed by atoms with van der Waals surface area (Å²) in [5, 5.41) is 12.2. The monoisotopic (exact) mass is 364 g/mol. The zero-order valence-corrected chi connectivity index (χ0v) is 15.9. The number of nitrogens with one attached hydrogen (secondary N) is 1. The molecule has 0 spiro atoms. The number of aryl methyl sites for hydroxylation is 1. The molecule has 1 fully saturated rings. The molecule has 0 saturated carbocycles. The van der Waals surface area contributed by atoms with Gasteiger partial charge in [-0.1, -0.05) is 23.4 Å². The molecular weight excluding hydrogens is 340 g/mol. The molecule has 1 aromatic carbocycles. The number of rotatable bonds is 4. The number of hydrogen-bond donors (Lipinski definition) is 1. The molecule has 7 heteroatoms. The van der Waals surface area contributed by atoms with Gasteiger partial charge in [0.2, 0.25) is 0 Å². The lowest BCUT2D eigenvalue weighted by Crippen LogP contribution is -2.44. The molecule has 3 aromatic rings. The SMILES string of the molecule is Cc1nn(-c2ccccc2)c(C)c1/C=C/c1nc(C2CNCCN2C)no1. The van der Waals surface area contributed by atoms with E-state index in [0.29, 0.717) is 5.89 Å². The minimum atomic E-state index is 0.147. The van der Waals surface area contributed by atoms with Crippen LogP contribution in [0.4, 0.5) is 0 Å². The van der Waals surface area contributed by atoms with Crippen molar-refractivity contribution in [1.29, 1.82) is 0 Å². The highest BCUT2D eigenvalue weighted by Crippen LogP contribution is 2.21. The zero-order chi connectivity index (χ0) is 18.8. The van der Waals surface area contributed by atoms with Gasteiger partial charge in [-0.05, 0) is 39.1 Å². The van der Waals surface area contributed by atoms with Gasteiger partial charge in [0.05, 0.1) is 17.4 Å². The maximum atomic E-state index is 5.43. The van der Waals surface area contributed by atoms with Crippen LogP contribution in [0.25, 0.3) is 17.8 Å². The maximum Gasteiger partial charge on any atom is 0.250 e. The van der Waals surface area contributed by atoms with E-state index in [0.717, 1.165) is 48.1 Å². The third-order valence-electron chi connectivity index (χ3n) is 5.01. The van der Waals surface area contributed by atoms with Crippen molar-refractivity contribution in [3.05, 3.63) is 59.0 Å². The first-order chi connectivity index (χ1) is 13.1. The lowest BCUT2D eigenvalue weighted by Gasteiger charge is -2.30. The van der Waals surface area contributed by atoms with Crippen molar-refractivity contribution in [1.82, 2.24) is 30.1 Å². The summed E-state index contributed by atoms with van der Waals surface area (Å²) in [6.07, 6.45) is 3.86. The molecule has 1 aliphatic rings. The van der Waals surface area contributed by atoms with Crippen LogP contribution in [0, 0.1) is 13.8 Å². The van der Waals surface area contributed by atoms with Crippen molar-refractivity contribution in [3.63, 3.8) is 0 Å². The zero-order valence-electron chi connectivity index (χ0n) is 15.9. The second kappa shape index (κ2) is 7.46. The minimum absolute atomic E-state index is 0.147. The highest BCUT2D eigenvalue weighted by Gasteiger charge is 2.24. The number of likely N-dealkylation sites (N-methyl/N-ethyl adjacent to an activating group) is 1. The lowest BCUT2D eigenvalue weighted by molar-refractivity contribution is 0.190. The molecule has 0 bridgehead atoms. The van der Waals surface area contributed by atoms with Crippen LogP contribution in [0.5, 0.6) is 0 Å². The van der Waals surface area contributed by atoms with E-state index in [9.17, 15) is 0 Å². The van der Waals surface area contributed by atoms with E-state index in [1.165, 1.54) is 0 Å². The Morgan fingerprint density at radius 1 is 1.19 bits per heavy atom. The molecule has 1 saturated heterocycles.